The molecule has 1 rings (SSSR count). The van der Waals surface area contributed by atoms with Gasteiger partial charge in [0.1, 0.15) is 0 Å². The Morgan fingerprint density at radius 2 is 1.80 bits per heavy atom. The Morgan fingerprint density at radius 3 is 2.27 bits per heavy atom. The van der Waals surface area contributed by atoms with Gasteiger partial charge in [-0.25, -0.2) is 19.4 Å². The highest BCUT2D eigenvalue weighted by atomic mass is 35.5. The maximum atomic E-state index is 11.7. The number of carbonyl (C=O) groups excluding carboxylic acids is 2. The molecule has 5 heteroatoms. The molecule has 15 heavy (non-hydrogen) atoms. The fraction of sp³-hybridized carbons (Fsp3) is 0.800. The van der Waals surface area contributed by atoms with Crippen LogP contribution in [0.4, 0.5) is 4.79 Å². The van der Waals surface area contributed by atoms with Crippen LogP contribution in [-0.4, -0.2) is 11.4 Å². The van der Waals surface area contributed by atoms with E-state index in [-0.39, 0.29) is 0 Å². The van der Waals surface area contributed by atoms with E-state index in [0.717, 1.165) is 32.1 Å². The lowest BCUT2D eigenvalue weighted by atomic mass is 9.72. The van der Waals surface area contributed by atoms with Crippen molar-refractivity contribution in [1.29, 1.82) is 0 Å². The summed E-state index contributed by atoms with van der Waals surface area (Å²) in [4.78, 5) is 30.5. The van der Waals surface area contributed by atoms with Gasteiger partial charge in [0.2, 0.25) is 0 Å². The minimum absolute atomic E-state index is 0.473. The number of rotatable bonds is 2. The van der Waals surface area contributed by atoms with E-state index < -0.39 is 16.8 Å². The van der Waals surface area contributed by atoms with Gasteiger partial charge in [0, 0.05) is 11.6 Å². The smallest absolute Gasteiger partial charge is 0.247 e. The molecule has 4 nitrogen and oxygen atoms in total. The lowest BCUT2D eigenvalue weighted by Gasteiger charge is -2.32. The summed E-state index contributed by atoms with van der Waals surface area (Å²) in [6.45, 7) is 1.94. The molecule has 1 saturated carbocycles. The first-order valence-corrected chi connectivity index (χ1v) is 5.57. The maximum absolute atomic E-state index is 11.7. The fourth-order valence-corrected chi connectivity index (χ4v) is 2.12. The second-order valence-electron chi connectivity index (χ2n) is 3.89. The Balaban J connectivity index is 2.55. The highest BCUT2D eigenvalue weighted by molar-refractivity contribution is 6.61. The molecule has 0 aliphatic heterocycles. The van der Waals surface area contributed by atoms with Crippen molar-refractivity contribution in [2.75, 3.05) is 0 Å². The number of hydrogen-bond donors (Lipinski definition) is 0. The summed E-state index contributed by atoms with van der Waals surface area (Å²) in [5.41, 5.74) is -1.60. The molecule has 86 valence electrons. The molecule has 0 aromatic rings. The monoisotopic (exact) mass is 234 g/mol. The first-order chi connectivity index (χ1) is 7.10. The molecular formula is C10H15ClO4. The normalized spacial score (nSPS) is 19.3. The first-order valence-electron chi connectivity index (χ1n) is 5.19. The van der Waals surface area contributed by atoms with E-state index in [0.29, 0.717) is 6.42 Å². The van der Waals surface area contributed by atoms with Crippen molar-refractivity contribution < 1.29 is 19.4 Å². The van der Waals surface area contributed by atoms with E-state index in [2.05, 4.69) is 9.78 Å². The summed E-state index contributed by atoms with van der Waals surface area (Å²) in [5.74, 6) is -0.473. The van der Waals surface area contributed by atoms with Crippen LogP contribution >= 0.6 is 11.6 Å². The van der Waals surface area contributed by atoms with Gasteiger partial charge in [-0.1, -0.05) is 26.2 Å². The molecule has 0 aromatic heterocycles. The summed E-state index contributed by atoms with van der Waals surface area (Å²) in [5, 5.41) is 0. The van der Waals surface area contributed by atoms with Crippen LogP contribution < -0.4 is 0 Å². The molecule has 1 fully saturated rings. The molecule has 0 spiro atoms. The van der Waals surface area contributed by atoms with Gasteiger partial charge in [0.15, 0.2) is 0 Å². The third kappa shape index (κ3) is 3.09. The molecule has 1 aliphatic rings. The largest absolute Gasteiger partial charge is 0.448 e. The molecule has 0 saturated heterocycles. The van der Waals surface area contributed by atoms with Gasteiger partial charge in [-0.3, -0.25) is 0 Å². The van der Waals surface area contributed by atoms with Gasteiger partial charge in [-0.05, 0) is 19.3 Å². The third-order valence-electron chi connectivity index (χ3n) is 3.10. The summed E-state index contributed by atoms with van der Waals surface area (Å²) in [6.07, 6.45) is 5.45. The fourth-order valence-electron chi connectivity index (χ4n) is 2.09. The molecule has 1 aliphatic carbocycles. The quantitative estimate of drug-likeness (QED) is 0.418. The van der Waals surface area contributed by atoms with E-state index >= 15 is 0 Å². The van der Waals surface area contributed by atoms with Gasteiger partial charge in [0.05, 0.1) is 5.41 Å². The van der Waals surface area contributed by atoms with E-state index in [9.17, 15) is 9.59 Å². The van der Waals surface area contributed by atoms with Crippen LogP contribution in [0.15, 0.2) is 0 Å². The molecule has 0 unspecified atom stereocenters. The van der Waals surface area contributed by atoms with Crippen LogP contribution in [-0.2, 0) is 14.6 Å². The van der Waals surface area contributed by atoms with Gasteiger partial charge >= 0.3 is 11.4 Å². The van der Waals surface area contributed by atoms with Crippen LogP contribution in [0.3, 0.4) is 0 Å². The van der Waals surface area contributed by atoms with E-state index in [1.165, 1.54) is 0 Å². The van der Waals surface area contributed by atoms with Gasteiger partial charge in [-0.15, -0.1) is 0 Å². The molecule has 0 radical (unpaired) electrons. The Kier molecular flexibility index (Phi) is 4.39. The van der Waals surface area contributed by atoms with Crippen LogP contribution in [0.1, 0.15) is 45.4 Å². The standard InChI is InChI=1S/C10H15ClO4/c1-2-10(6-4-3-5-7-10)8(12)14-15-9(11)13/h2-7H2,1H3. The zero-order valence-electron chi connectivity index (χ0n) is 8.75. The van der Waals surface area contributed by atoms with Gasteiger partial charge < -0.3 is 0 Å². The topological polar surface area (TPSA) is 52.6 Å². The predicted molar refractivity (Wildman–Crippen MR) is 54.2 cm³/mol. The molecule has 0 atom stereocenters. The van der Waals surface area contributed by atoms with Crippen molar-refractivity contribution in [2.45, 2.75) is 45.4 Å². The maximum Gasteiger partial charge on any atom is 0.448 e. The minimum Gasteiger partial charge on any atom is -0.247 e. The third-order valence-corrected chi connectivity index (χ3v) is 3.17. The molecular weight excluding hydrogens is 220 g/mol. The summed E-state index contributed by atoms with van der Waals surface area (Å²) in [7, 11) is 0. The predicted octanol–water partition coefficient (Wildman–Crippen LogP) is 3.18. The van der Waals surface area contributed by atoms with Crippen LogP contribution in [0.2, 0.25) is 0 Å². The average Bonchev–Trinajstić information content (AvgIpc) is 2.26. The van der Waals surface area contributed by atoms with Crippen LogP contribution in [0, 0.1) is 5.41 Å². The van der Waals surface area contributed by atoms with Crippen LogP contribution in [0.5, 0.6) is 0 Å². The van der Waals surface area contributed by atoms with E-state index in [1.54, 1.807) is 0 Å². The Morgan fingerprint density at radius 1 is 1.20 bits per heavy atom. The van der Waals surface area contributed by atoms with Crippen molar-refractivity contribution in [1.82, 2.24) is 0 Å². The van der Waals surface area contributed by atoms with Crippen molar-refractivity contribution in [3.05, 3.63) is 0 Å². The minimum atomic E-state index is -1.12. The summed E-state index contributed by atoms with van der Waals surface area (Å²) in [6, 6.07) is 0. The van der Waals surface area contributed by atoms with Crippen molar-refractivity contribution in [3.63, 3.8) is 0 Å². The highest BCUT2D eigenvalue weighted by Gasteiger charge is 2.40. The Bertz CT molecular complexity index is 246. The second kappa shape index (κ2) is 5.35. The zero-order valence-corrected chi connectivity index (χ0v) is 9.51. The average molecular weight is 235 g/mol. The number of halogens is 1. The SMILES string of the molecule is CCC1(C(=O)OOC(=O)Cl)CCCCC1. The number of carbonyl (C=O) groups is 2. The lowest BCUT2D eigenvalue weighted by molar-refractivity contribution is -0.240. The van der Waals surface area contributed by atoms with Crippen molar-refractivity contribution in [3.8, 4) is 0 Å². The van der Waals surface area contributed by atoms with E-state index in [1.807, 2.05) is 6.92 Å². The highest BCUT2D eigenvalue weighted by Crippen LogP contribution is 2.40. The summed E-state index contributed by atoms with van der Waals surface area (Å²) >= 11 is 4.91. The van der Waals surface area contributed by atoms with Crippen LogP contribution in [0.25, 0.3) is 0 Å². The van der Waals surface area contributed by atoms with Crippen molar-refractivity contribution >= 4 is 23.0 Å². The zero-order chi connectivity index (χ0) is 11.3. The Hall–Kier alpha value is -0.770. The number of hydrogen-bond acceptors (Lipinski definition) is 4. The molecule has 0 amide bonds. The first kappa shape index (κ1) is 12.3. The second-order valence-corrected chi connectivity index (χ2v) is 4.19. The molecule has 0 bridgehead atoms. The summed E-state index contributed by atoms with van der Waals surface area (Å²) < 4.78 is 0. The van der Waals surface area contributed by atoms with Gasteiger partial charge in [0.25, 0.3) is 0 Å². The Labute approximate surface area is 93.8 Å². The van der Waals surface area contributed by atoms with E-state index in [4.69, 9.17) is 11.6 Å². The van der Waals surface area contributed by atoms with Crippen molar-refractivity contribution in [2.24, 2.45) is 5.41 Å². The van der Waals surface area contributed by atoms with Gasteiger partial charge in [-0.2, -0.15) is 0 Å². The lowest BCUT2D eigenvalue weighted by Crippen LogP contribution is -2.34. The molecule has 0 N–H and O–H groups in total. The molecule has 0 aromatic carbocycles. The molecule has 0 heterocycles.